The molecule has 1 aromatic rings. The van der Waals surface area contributed by atoms with Gasteiger partial charge in [-0.15, -0.1) is 0 Å². The van der Waals surface area contributed by atoms with Crippen LogP contribution in [0.2, 0.25) is 0 Å². The van der Waals surface area contributed by atoms with Crippen LogP contribution in [0.5, 0.6) is 0 Å². The first kappa shape index (κ1) is 9.20. The van der Waals surface area contributed by atoms with E-state index in [0.29, 0.717) is 11.4 Å². The summed E-state index contributed by atoms with van der Waals surface area (Å²) in [4.78, 5) is 14.4. The fourth-order valence-corrected chi connectivity index (χ4v) is 0.798. The summed E-state index contributed by atoms with van der Waals surface area (Å²) in [7, 11) is 0. The Morgan fingerprint density at radius 1 is 1.69 bits per heavy atom. The van der Waals surface area contributed by atoms with Gasteiger partial charge in [-0.3, -0.25) is 4.79 Å². The summed E-state index contributed by atoms with van der Waals surface area (Å²) >= 11 is 0. The highest BCUT2D eigenvalue weighted by Gasteiger charge is 1.98. The highest BCUT2D eigenvalue weighted by molar-refractivity contribution is 5.65. The standard InChI is InChI=1S/C9H8N2O2/c1-7(12)13-6-9-4-2-3-8(5-10)11-9/h2-4H,6H2,1H3. The molecule has 4 nitrogen and oxygen atoms in total. The van der Waals surface area contributed by atoms with Gasteiger partial charge in [-0.05, 0) is 12.1 Å². The zero-order chi connectivity index (χ0) is 9.68. The number of carbonyl (C=O) groups is 1. The summed E-state index contributed by atoms with van der Waals surface area (Å²) in [6, 6.07) is 6.89. The lowest BCUT2D eigenvalue weighted by atomic mass is 10.3. The van der Waals surface area contributed by atoms with E-state index in [-0.39, 0.29) is 12.6 Å². The largest absolute Gasteiger partial charge is 0.459 e. The Hall–Kier alpha value is -1.89. The van der Waals surface area contributed by atoms with Crippen molar-refractivity contribution in [1.82, 2.24) is 4.98 Å². The minimum Gasteiger partial charge on any atom is -0.459 e. The zero-order valence-electron chi connectivity index (χ0n) is 7.15. The molecule has 13 heavy (non-hydrogen) atoms. The van der Waals surface area contributed by atoms with Crippen LogP contribution in [0, 0.1) is 11.3 Å². The maximum atomic E-state index is 10.5. The van der Waals surface area contributed by atoms with Crippen LogP contribution in [0.15, 0.2) is 18.2 Å². The predicted molar refractivity (Wildman–Crippen MR) is 44.4 cm³/mol. The Labute approximate surface area is 75.8 Å². The molecule has 0 atom stereocenters. The molecule has 0 amide bonds. The quantitative estimate of drug-likeness (QED) is 0.631. The smallest absolute Gasteiger partial charge is 0.303 e. The van der Waals surface area contributed by atoms with Crippen LogP contribution >= 0.6 is 0 Å². The summed E-state index contributed by atoms with van der Waals surface area (Å²) < 4.78 is 4.72. The van der Waals surface area contributed by atoms with E-state index in [1.165, 1.54) is 6.92 Å². The van der Waals surface area contributed by atoms with Crippen molar-refractivity contribution in [3.05, 3.63) is 29.6 Å². The second kappa shape index (κ2) is 4.21. The van der Waals surface area contributed by atoms with Gasteiger partial charge in [-0.25, -0.2) is 4.98 Å². The summed E-state index contributed by atoms with van der Waals surface area (Å²) in [6.07, 6.45) is 0. The fourth-order valence-electron chi connectivity index (χ4n) is 0.798. The van der Waals surface area contributed by atoms with Crippen LogP contribution in [0.4, 0.5) is 0 Å². The second-order valence-corrected chi connectivity index (χ2v) is 2.41. The molecular formula is C9H8N2O2. The van der Waals surface area contributed by atoms with Gasteiger partial charge in [0.1, 0.15) is 18.4 Å². The number of carbonyl (C=O) groups excluding carboxylic acids is 1. The first-order valence-corrected chi connectivity index (χ1v) is 3.72. The van der Waals surface area contributed by atoms with Crippen molar-refractivity contribution >= 4 is 5.97 Å². The first-order chi connectivity index (χ1) is 6.22. The van der Waals surface area contributed by atoms with Crippen molar-refractivity contribution in [2.45, 2.75) is 13.5 Å². The second-order valence-electron chi connectivity index (χ2n) is 2.41. The molecule has 0 aliphatic heterocycles. The van der Waals surface area contributed by atoms with E-state index in [2.05, 4.69) is 4.98 Å². The fraction of sp³-hybridized carbons (Fsp3) is 0.222. The first-order valence-electron chi connectivity index (χ1n) is 3.72. The average molecular weight is 176 g/mol. The summed E-state index contributed by atoms with van der Waals surface area (Å²) in [5, 5.41) is 8.52. The van der Waals surface area contributed by atoms with Crippen LogP contribution in [0.3, 0.4) is 0 Å². The van der Waals surface area contributed by atoms with E-state index in [0.717, 1.165) is 0 Å². The molecule has 1 aromatic heterocycles. The molecule has 0 saturated carbocycles. The SMILES string of the molecule is CC(=O)OCc1cccc(C#N)n1. The highest BCUT2D eigenvalue weighted by atomic mass is 16.5. The van der Waals surface area contributed by atoms with Crippen molar-refractivity contribution in [3.8, 4) is 6.07 Å². The van der Waals surface area contributed by atoms with Gasteiger partial charge in [-0.2, -0.15) is 5.26 Å². The number of ether oxygens (including phenoxy) is 1. The lowest BCUT2D eigenvalue weighted by Crippen LogP contribution is -2.01. The number of pyridine rings is 1. The van der Waals surface area contributed by atoms with E-state index >= 15 is 0 Å². The summed E-state index contributed by atoms with van der Waals surface area (Å²) in [5.74, 6) is -0.357. The highest BCUT2D eigenvalue weighted by Crippen LogP contribution is 1.99. The Balaban J connectivity index is 2.68. The van der Waals surface area contributed by atoms with E-state index in [1.54, 1.807) is 18.2 Å². The molecule has 0 unspecified atom stereocenters. The third kappa shape index (κ3) is 2.91. The van der Waals surface area contributed by atoms with Gasteiger partial charge in [0.15, 0.2) is 0 Å². The van der Waals surface area contributed by atoms with Crippen molar-refractivity contribution < 1.29 is 9.53 Å². The van der Waals surface area contributed by atoms with Crippen LogP contribution in [-0.2, 0) is 16.1 Å². The van der Waals surface area contributed by atoms with E-state index in [1.807, 2.05) is 6.07 Å². The van der Waals surface area contributed by atoms with Gasteiger partial charge in [0.05, 0.1) is 5.69 Å². The molecule has 1 rings (SSSR count). The van der Waals surface area contributed by atoms with Gasteiger partial charge >= 0.3 is 5.97 Å². The maximum absolute atomic E-state index is 10.5. The molecule has 0 aromatic carbocycles. The number of hydrogen-bond donors (Lipinski definition) is 0. The summed E-state index contributed by atoms with van der Waals surface area (Å²) in [5.41, 5.74) is 0.902. The Bertz CT molecular complexity index is 355. The van der Waals surface area contributed by atoms with Crippen LogP contribution in [0.25, 0.3) is 0 Å². The molecule has 0 fully saturated rings. The number of nitriles is 1. The molecule has 0 N–H and O–H groups in total. The number of hydrogen-bond acceptors (Lipinski definition) is 4. The third-order valence-corrected chi connectivity index (χ3v) is 1.34. The van der Waals surface area contributed by atoms with Gasteiger partial charge in [-0.1, -0.05) is 6.07 Å². The maximum Gasteiger partial charge on any atom is 0.303 e. The third-order valence-electron chi connectivity index (χ3n) is 1.34. The van der Waals surface area contributed by atoms with Gasteiger partial charge in [0.25, 0.3) is 0 Å². The lowest BCUT2D eigenvalue weighted by Gasteiger charge is -2.00. The van der Waals surface area contributed by atoms with Crippen LogP contribution in [-0.4, -0.2) is 11.0 Å². The average Bonchev–Trinajstić information content (AvgIpc) is 2.15. The van der Waals surface area contributed by atoms with Crippen LogP contribution in [0.1, 0.15) is 18.3 Å². The molecular weight excluding hydrogens is 168 g/mol. The minimum absolute atomic E-state index is 0.116. The van der Waals surface area contributed by atoms with E-state index in [9.17, 15) is 4.79 Å². The minimum atomic E-state index is -0.357. The molecule has 0 aliphatic rings. The topological polar surface area (TPSA) is 63.0 Å². The number of rotatable bonds is 2. The van der Waals surface area contributed by atoms with Crippen molar-refractivity contribution in [2.75, 3.05) is 0 Å². The number of nitrogens with zero attached hydrogens (tertiary/aromatic N) is 2. The number of aromatic nitrogens is 1. The van der Waals surface area contributed by atoms with Crippen molar-refractivity contribution in [1.29, 1.82) is 5.26 Å². The van der Waals surface area contributed by atoms with E-state index in [4.69, 9.17) is 10.00 Å². The van der Waals surface area contributed by atoms with Crippen LogP contribution < -0.4 is 0 Å². The Morgan fingerprint density at radius 3 is 3.08 bits per heavy atom. The van der Waals surface area contributed by atoms with Gasteiger partial charge in [0, 0.05) is 6.92 Å². The summed E-state index contributed by atoms with van der Waals surface area (Å²) in [6.45, 7) is 1.44. The molecule has 0 spiro atoms. The normalized spacial score (nSPS) is 8.92. The molecule has 4 heteroatoms. The molecule has 0 aliphatic carbocycles. The lowest BCUT2D eigenvalue weighted by molar-refractivity contribution is -0.142. The molecule has 1 heterocycles. The van der Waals surface area contributed by atoms with E-state index < -0.39 is 0 Å². The van der Waals surface area contributed by atoms with Gasteiger partial charge in [0.2, 0.25) is 0 Å². The molecule has 0 saturated heterocycles. The number of esters is 1. The Morgan fingerprint density at radius 2 is 2.46 bits per heavy atom. The Kier molecular flexibility index (Phi) is 2.98. The molecule has 66 valence electrons. The predicted octanol–water partition coefficient (Wildman–Crippen LogP) is 1.02. The van der Waals surface area contributed by atoms with Crippen molar-refractivity contribution in [2.24, 2.45) is 0 Å². The zero-order valence-corrected chi connectivity index (χ0v) is 7.15. The molecule has 0 radical (unpaired) electrons. The van der Waals surface area contributed by atoms with Crippen molar-refractivity contribution in [3.63, 3.8) is 0 Å². The molecule has 0 bridgehead atoms. The monoisotopic (exact) mass is 176 g/mol. The van der Waals surface area contributed by atoms with Gasteiger partial charge < -0.3 is 4.74 Å².